The molecule has 0 bridgehead atoms. The zero-order valence-electron chi connectivity index (χ0n) is 7.71. The molecule has 2 heterocycles. The second-order valence-electron chi connectivity index (χ2n) is 4.16. The minimum Gasteiger partial charge on any atom is -0.371 e. The van der Waals surface area contributed by atoms with E-state index in [0.717, 1.165) is 6.61 Å². The summed E-state index contributed by atoms with van der Waals surface area (Å²) in [7, 11) is 0. The predicted molar refractivity (Wildman–Crippen MR) is 48.1 cm³/mol. The molecule has 2 aliphatic heterocycles. The van der Waals surface area contributed by atoms with E-state index in [1.54, 1.807) is 0 Å². The Balaban J connectivity index is 1.98. The molecule has 13 heavy (non-hydrogen) atoms. The van der Waals surface area contributed by atoms with E-state index in [1.165, 1.54) is 31.3 Å². The summed E-state index contributed by atoms with van der Waals surface area (Å²) in [5.74, 6) is 0. The minimum atomic E-state index is 0.0521. The van der Waals surface area contributed by atoms with E-state index >= 15 is 0 Å². The second kappa shape index (κ2) is 2.80. The molecule has 0 radical (unpaired) electrons. The van der Waals surface area contributed by atoms with Crippen LogP contribution < -0.4 is 5.48 Å². The molecule has 0 aromatic carbocycles. The van der Waals surface area contributed by atoms with Crippen molar-refractivity contribution in [2.75, 3.05) is 13.2 Å². The van der Waals surface area contributed by atoms with Crippen molar-refractivity contribution >= 4 is 0 Å². The van der Waals surface area contributed by atoms with Crippen molar-refractivity contribution in [3.05, 3.63) is 11.6 Å². The van der Waals surface area contributed by atoms with Crippen LogP contribution in [0.1, 0.15) is 25.7 Å². The highest BCUT2D eigenvalue weighted by atomic mass is 16.7. The van der Waals surface area contributed by atoms with Gasteiger partial charge in [0.15, 0.2) is 0 Å². The number of hydrogen-bond donors (Lipinski definition) is 1. The van der Waals surface area contributed by atoms with Gasteiger partial charge in [-0.05, 0) is 18.4 Å². The third-order valence-corrected chi connectivity index (χ3v) is 3.52. The van der Waals surface area contributed by atoms with Crippen LogP contribution in [0.15, 0.2) is 11.6 Å². The molecular formula is C10H15NO2. The van der Waals surface area contributed by atoms with Crippen molar-refractivity contribution in [3.63, 3.8) is 0 Å². The maximum atomic E-state index is 5.78. The van der Waals surface area contributed by atoms with Gasteiger partial charge < -0.3 is 4.74 Å². The highest BCUT2D eigenvalue weighted by Crippen LogP contribution is 2.42. The summed E-state index contributed by atoms with van der Waals surface area (Å²) in [5.41, 5.74) is 4.68. The Morgan fingerprint density at radius 2 is 2.46 bits per heavy atom. The molecule has 0 unspecified atom stereocenters. The molecule has 2 fully saturated rings. The van der Waals surface area contributed by atoms with Crippen molar-refractivity contribution in [2.45, 2.75) is 37.3 Å². The molecule has 1 saturated carbocycles. The quantitative estimate of drug-likeness (QED) is 0.569. The van der Waals surface area contributed by atoms with Crippen LogP contribution >= 0.6 is 0 Å². The van der Waals surface area contributed by atoms with Crippen molar-refractivity contribution in [1.82, 2.24) is 5.48 Å². The molecule has 1 aliphatic carbocycles. The van der Waals surface area contributed by atoms with Gasteiger partial charge in [0.05, 0.1) is 24.9 Å². The fraction of sp³-hybridized carbons (Fsp3) is 0.800. The maximum Gasteiger partial charge on any atom is 0.0925 e. The van der Waals surface area contributed by atoms with Gasteiger partial charge in [0, 0.05) is 0 Å². The molecule has 1 spiro atoms. The monoisotopic (exact) mass is 181 g/mol. The molecule has 2 atom stereocenters. The SMILES string of the molecule is C1=C2CO[C@@H]3CCCC[C@]23NOC1. The van der Waals surface area contributed by atoms with E-state index < -0.39 is 0 Å². The topological polar surface area (TPSA) is 30.5 Å². The van der Waals surface area contributed by atoms with Crippen LogP contribution in [0, 0.1) is 0 Å². The number of rotatable bonds is 0. The van der Waals surface area contributed by atoms with Gasteiger partial charge in [-0.1, -0.05) is 18.9 Å². The molecule has 1 N–H and O–H groups in total. The van der Waals surface area contributed by atoms with Crippen LogP contribution in [0.3, 0.4) is 0 Å². The average molecular weight is 181 g/mol. The standard InChI is InChI=1S/C10H15NO2/c1-2-5-10-8(4-6-13-11-10)7-12-9(10)3-1/h4,9,11H,1-3,5-7H2/t9-,10+/m1/s1. The predicted octanol–water partition coefficient (Wildman–Crippen LogP) is 1.16. The van der Waals surface area contributed by atoms with Crippen molar-refractivity contribution < 1.29 is 9.57 Å². The first kappa shape index (κ1) is 7.97. The van der Waals surface area contributed by atoms with Crippen LogP contribution in [-0.2, 0) is 9.57 Å². The Kier molecular flexibility index (Phi) is 1.72. The summed E-state index contributed by atoms with van der Waals surface area (Å²) in [6.07, 6.45) is 7.46. The molecule has 0 aromatic heterocycles. The van der Waals surface area contributed by atoms with Gasteiger partial charge in [0.2, 0.25) is 0 Å². The zero-order valence-corrected chi connectivity index (χ0v) is 7.71. The highest BCUT2D eigenvalue weighted by molar-refractivity contribution is 5.29. The largest absolute Gasteiger partial charge is 0.371 e. The molecule has 3 aliphatic rings. The number of ether oxygens (including phenoxy) is 1. The third kappa shape index (κ3) is 1.01. The Morgan fingerprint density at radius 3 is 3.46 bits per heavy atom. The lowest BCUT2D eigenvalue weighted by Crippen LogP contribution is -2.56. The van der Waals surface area contributed by atoms with Gasteiger partial charge in [-0.15, -0.1) is 0 Å². The summed E-state index contributed by atoms with van der Waals surface area (Å²) >= 11 is 0. The fourth-order valence-corrected chi connectivity index (χ4v) is 2.79. The normalized spacial score (nSPS) is 43.7. The van der Waals surface area contributed by atoms with E-state index in [0.29, 0.717) is 12.7 Å². The number of hydrogen-bond acceptors (Lipinski definition) is 3. The lowest BCUT2D eigenvalue weighted by Gasteiger charge is -2.40. The van der Waals surface area contributed by atoms with E-state index in [9.17, 15) is 0 Å². The second-order valence-corrected chi connectivity index (χ2v) is 4.16. The Morgan fingerprint density at radius 1 is 1.46 bits per heavy atom. The van der Waals surface area contributed by atoms with Crippen LogP contribution in [0.2, 0.25) is 0 Å². The smallest absolute Gasteiger partial charge is 0.0925 e. The molecular weight excluding hydrogens is 166 g/mol. The number of hydroxylamine groups is 1. The van der Waals surface area contributed by atoms with Crippen molar-refractivity contribution in [3.8, 4) is 0 Å². The van der Waals surface area contributed by atoms with Crippen molar-refractivity contribution in [1.29, 1.82) is 0 Å². The first-order chi connectivity index (χ1) is 6.42. The molecule has 0 aromatic rings. The van der Waals surface area contributed by atoms with Gasteiger partial charge in [0.1, 0.15) is 0 Å². The summed E-state index contributed by atoms with van der Waals surface area (Å²) in [6.45, 7) is 1.49. The summed E-state index contributed by atoms with van der Waals surface area (Å²) < 4.78 is 5.78. The van der Waals surface area contributed by atoms with Crippen LogP contribution in [-0.4, -0.2) is 24.9 Å². The van der Waals surface area contributed by atoms with Gasteiger partial charge in [-0.2, -0.15) is 5.48 Å². The fourth-order valence-electron chi connectivity index (χ4n) is 2.79. The first-order valence-corrected chi connectivity index (χ1v) is 5.12. The molecule has 1 saturated heterocycles. The van der Waals surface area contributed by atoms with E-state index in [2.05, 4.69) is 11.6 Å². The number of nitrogens with one attached hydrogen (secondary N) is 1. The van der Waals surface area contributed by atoms with Gasteiger partial charge in [-0.25, -0.2) is 0 Å². The highest BCUT2D eigenvalue weighted by Gasteiger charge is 2.50. The van der Waals surface area contributed by atoms with Crippen LogP contribution in [0.5, 0.6) is 0 Å². The van der Waals surface area contributed by atoms with Gasteiger partial charge in [0.25, 0.3) is 0 Å². The molecule has 3 heteroatoms. The van der Waals surface area contributed by atoms with Gasteiger partial charge in [-0.3, -0.25) is 4.84 Å². The molecule has 3 nitrogen and oxygen atoms in total. The third-order valence-electron chi connectivity index (χ3n) is 3.52. The minimum absolute atomic E-state index is 0.0521. The van der Waals surface area contributed by atoms with Crippen LogP contribution in [0.4, 0.5) is 0 Å². The summed E-state index contributed by atoms with van der Waals surface area (Å²) in [4.78, 5) is 5.34. The maximum absolute atomic E-state index is 5.78. The lowest BCUT2D eigenvalue weighted by atomic mass is 9.76. The van der Waals surface area contributed by atoms with Crippen molar-refractivity contribution in [2.24, 2.45) is 0 Å². The molecule has 72 valence electrons. The summed E-state index contributed by atoms with van der Waals surface area (Å²) in [6, 6.07) is 0. The zero-order chi connectivity index (χ0) is 8.73. The van der Waals surface area contributed by atoms with Gasteiger partial charge >= 0.3 is 0 Å². The summed E-state index contributed by atoms with van der Waals surface area (Å²) in [5, 5.41) is 0. The Bertz CT molecular complexity index is 251. The molecule has 3 rings (SSSR count). The van der Waals surface area contributed by atoms with E-state index in [1.807, 2.05) is 0 Å². The first-order valence-electron chi connectivity index (χ1n) is 5.12. The van der Waals surface area contributed by atoms with E-state index in [4.69, 9.17) is 9.57 Å². The van der Waals surface area contributed by atoms with E-state index in [-0.39, 0.29) is 5.54 Å². The Labute approximate surface area is 78.0 Å². The van der Waals surface area contributed by atoms with Crippen LogP contribution in [0.25, 0.3) is 0 Å². The lowest BCUT2D eigenvalue weighted by molar-refractivity contribution is -0.0591. The molecule has 0 amide bonds. The average Bonchev–Trinajstić information content (AvgIpc) is 2.56. The Hall–Kier alpha value is -0.380.